The molecule has 0 aromatic carbocycles. The minimum absolute atomic E-state index is 0.125. The molecule has 5 nitrogen and oxygen atoms in total. The van der Waals surface area contributed by atoms with E-state index in [0.29, 0.717) is 0 Å². The Hall–Kier alpha value is -1.62. The van der Waals surface area contributed by atoms with E-state index in [1.165, 1.54) is 0 Å². The van der Waals surface area contributed by atoms with Gasteiger partial charge in [-0.25, -0.2) is 4.79 Å². The summed E-state index contributed by atoms with van der Waals surface area (Å²) >= 11 is 0. The van der Waals surface area contributed by atoms with Crippen LogP contribution in [0, 0.1) is 6.92 Å². The summed E-state index contributed by atoms with van der Waals surface area (Å²) in [5, 5.41) is 6.50. The quantitative estimate of drug-likeness (QED) is 0.898. The standard InChI is InChI=1S/C17H27N3O2/c1-12-7-5-8-13(19-12)11-18-14-9-6-10-15(14)20-16(21)22-17(2,3)4/h5,7-8,14-15,18H,6,9-11H2,1-4H3,(H,20,21)/t14-,15-/m0/s1. The first-order chi connectivity index (χ1) is 10.3. The molecule has 1 aliphatic carbocycles. The molecule has 1 aliphatic rings. The van der Waals surface area contributed by atoms with Gasteiger partial charge in [0.05, 0.1) is 5.69 Å². The summed E-state index contributed by atoms with van der Waals surface area (Å²) in [5.41, 5.74) is 1.59. The number of amides is 1. The zero-order valence-corrected chi connectivity index (χ0v) is 14.0. The molecule has 5 heteroatoms. The van der Waals surface area contributed by atoms with Gasteiger partial charge in [-0.05, 0) is 59.1 Å². The van der Waals surface area contributed by atoms with Crippen LogP contribution in [0.1, 0.15) is 51.4 Å². The number of rotatable bonds is 4. The zero-order valence-electron chi connectivity index (χ0n) is 14.0. The molecule has 0 unspecified atom stereocenters. The average molecular weight is 305 g/mol. The lowest BCUT2D eigenvalue weighted by Gasteiger charge is -2.25. The number of hydrogen-bond acceptors (Lipinski definition) is 4. The summed E-state index contributed by atoms with van der Waals surface area (Å²) < 4.78 is 5.34. The van der Waals surface area contributed by atoms with Gasteiger partial charge in [-0.15, -0.1) is 0 Å². The van der Waals surface area contributed by atoms with Gasteiger partial charge in [0.2, 0.25) is 0 Å². The zero-order chi connectivity index (χ0) is 16.2. The highest BCUT2D eigenvalue weighted by molar-refractivity contribution is 5.68. The summed E-state index contributed by atoms with van der Waals surface area (Å²) in [4.78, 5) is 16.4. The Morgan fingerprint density at radius 1 is 1.32 bits per heavy atom. The minimum atomic E-state index is -0.461. The first-order valence-electron chi connectivity index (χ1n) is 7.99. The fourth-order valence-corrected chi connectivity index (χ4v) is 2.77. The maximum absolute atomic E-state index is 11.9. The Bertz CT molecular complexity index is 511. The predicted molar refractivity (Wildman–Crippen MR) is 86.6 cm³/mol. The van der Waals surface area contributed by atoms with Gasteiger partial charge in [0.1, 0.15) is 5.60 Å². The summed E-state index contributed by atoms with van der Waals surface area (Å²) in [6, 6.07) is 6.43. The molecule has 0 bridgehead atoms. The topological polar surface area (TPSA) is 63.2 Å². The molecular weight excluding hydrogens is 278 g/mol. The van der Waals surface area contributed by atoms with Crippen LogP contribution in [-0.4, -0.2) is 28.8 Å². The van der Waals surface area contributed by atoms with Crippen molar-refractivity contribution in [2.45, 2.75) is 71.2 Å². The van der Waals surface area contributed by atoms with Crippen molar-refractivity contribution in [2.24, 2.45) is 0 Å². The molecule has 2 atom stereocenters. The van der Waals surface area contributed by atoms with E-state index in [9.17, 15) is 4.79 Å². The third-order valence-electron chi connectivity index (χ3n) is 3.71. The molecule has 2 N–H and O–H groups in total. The molecule has 1 amide bonds. The second kappa shape index (κ2) is 7.09. The predicted octanol–water partition coefficient (Wildman–Crippen LogP) is 2.93. The Morgan fingerprint density at radius 3 is 2.73 bits per heavy atom. The van der Waals surface area contributed by atoms with Crippen molar-refractivity contribution in [3.63, 3.8) is 0 Å². The lowest BCUT2D eigenvalue weighted by atomic mass is 10.1. The SMILES string of the molecule is Cc1cccc(CN[C@H]2CCC[C@@H]2NC(=O)OC(C)(C)C)n1. The van der Waals surface area contributed by atoms with Crippen molar-refractivity contribution in [3.8, 4) is 0 Å². The van der Waals surface area contributed by atoms with E-state index in [1.54, 1.807) is 0 Å². The maximum atomic E-state index is 11.9. The second-order valence-corrected chi connectivity index (χ2v) is 6.94. The lowest BCUT2D eigenvalue weighted by Crippen LogP contribution is -2.47. The Morgan fingerprint density at radius 2 is 2.05 bits per heavy atom. The van der Waals surface area contributed by atoms with Crippen molar-refractivity contribution < 1.29 is 9.53 Å². The third-order valence-corrected chi connectivity index (χ3v) is 3.71. The molecule has 0 spiro atoms. The molecular formula is C17H27N3O2. The molecule has 0 saturated heterocycles. The first kappa shape index (κ1) is 16.7. The Balaban J connectivity index is 1.84. The van der Waals surface area contributed by atoms with E-state index in [-0.39, 0.29) is 18.2 Å². The van der Waals surface area contributed by atoms with Crippen LogP contribution >= 0.6 is 0 Å². The number of nitrogens with one attached hydrogen (secondary N) is 2. The largest absolute Gasteiger partial charge is 0.444 e. The number of aryl methyl sites for hydroxylation is 1. The minimum Gasteiger partial charge on any atom is -0.444 e. The van der Waals surface area contributed by atoms with Crippen LogP contribution in [0.2, 0.25) is 0 Å². The molecule has 2 rings (SSSR count). The van der Waals surface area contributed by atoms with E-state index in [0.717, 1.165) is 37.2 Å². The van der Waals surface area contributed by atoms with Crippen LogP contribution in [0.25, 0.3) is 0 Å². The van der Waals surface area contributed by atoms with Crippen LogP contribution in [-0.2, 0) is 11.3 Å². The third kappa shape index (κ3) is 5.30. The van der Waals surface area contributed by atoms with E-state index in [4.69, 9.17) is 4.74 Å². The number of carbonyl (C=O) groups is 1. The van der Waals surface area contributed by atoms with Gasteiger partial charge in [-0.1, -0.05) is 6.07 Å². The van der Waals surface area contributed by atoms with Crippen LogP contribution in [0.5, 0.6) is 0 Å². The van der Waals surface area contributed by atoms with E-state index < -0.39 is 5.60 Å². The number of hydrogen-bond donors (Lipinski definition) is 2. The van der Waals surface area contributed by atoms with E-state index in [2.05, 4.69) is 15.6 Å². The Labute approximate surface area is 132 Å². The van der Waals surface area contributed by atoms with Crippen molar-refractivity contribution in [1.29, 1.82) is 0 Å². The van der Waals surface area contributed by atoms with Gasteiger partial charge >= 0.3 is 6.09 Å². The molecule has 0 aliphatic heterocycles. The van der Waals surface area contributed by atoms with Crippen LogP contribution in [0.4, 0.5) is 4.79 Å². The summed E-state index contributed by atoms with van der Waals surface area (Å²) in [7, 11) is 0. The Kier molecular flexibility index (Phi) is 5.40. The van der Waals surface area contributed by atoms with Gasteiger partial charge in [0, 0.05) is 24.3 Å². The van der Waals surface area contributed by atoms with Gasteiger partial charge < -0.3 is 15.4 Å². The van der Waals surface area contributed by atoms with Crippen molar-refractivity contribution in [2.75, 3.05) is 0 Å². The molecule has 1 fully saturated rings. The second-order valence-electron chi connectivity index (χ2n) is 6.94. The molecule has 0 radical (unpaired) electrons. The van der Waals surface area contributed by atoms with Gasteiger partial charge in [0.15, 0.2) is 0 Å². The van der Waals surface area contributed by atoms with Crippen molar-refractivity contribution >= 4 is 6.09 Å². The number of nitrogens with zero attached hydrogens (tertiary/aromatic N) is 1. The fraction of sp³-hybridized carbons (Fsp3) is 0.647. The average Bonchev–Trinajstić information content (AvgIpc) is 2.81. The molecule has 22 heavy (non-hydrogen) atoms. The first-order valence-corrected chi connectivity index (χ1v) is 7.99. The van der Waals surface area contributed by atoms with Crippen LogP contribution in [0.3, 0.4) is 0 Å². The fourth-order valence-electron chi connectivity index (χ4n) is 2.77. The van der Waals surface area contributed by atoms with Gasteiger partial charge in [-0.3, -0.25) is 4.98 Å². The van der Waals surface area contributed by atoms with Crippen LogP contribution < -0.4 is 10.6 Å². The van der Waals surface area contributed by atoms with E-state index >= 15 is 0 Å². The van der Waals surface area contributed by atoms with Gasteiger partial charge in [0.25, 0.3) is 0 Å². The maximum Gasteiger partial charge on any atom is 0.407 e. The molecule has 122 valence electrons. The summed E-state index contributed by atoms with van der Waals surface area (Å²) in [5.74, 6) is 0. The molecule has 1 aromatic heterocycles. The molecule has 1 heterocycles. The summed E-state index contributed by atoms with van der Waals surface area (Å²) in [6.07, 6.45) is 2.82. The normalized spacial score (nSPS) is 21.6. The highest BCUT2D eigenvalue weighted by Crippen LogP contribution is 2.20. The molecule has 1 aromatic rings. The van der Waals surface area contributed by atoms with Crippen molar-refractivity contribution in [1.82, 2.24) is 15.6 Å². The number of carbonyl (C=O) groups excluding carboxylic acids is 1. The highest BCUT2D eigenvalue weighted by Gasteiger charge is 2.29. The van der Waals surface area contributed by atoms with Crippen LogP contribution in [0.15, 0.2) is 18.2 Å². The van der Waals surface area contributed by atoms with Gasteiger partial charge in [-0.2, -0.15) is 0 Å². The highest BCUT2D eigenvalue weighted by atomic mass is 16.6. The number of ether oxygens (including phenoxy) is 1. The monoisotopic (exact) mass is 305 g/mol. The van der Waals surface area contributed by atoms with Crippen molar-refractivity contribution in [3.05, 3.63) is 29.6 Å². The smallest absolute Gasteiger partial charge is 0.407 e. The molecule has 1 saturated carbocycles. The van der Waals surface area contributed by atoms with E-state index in [1.807, 2.05) is 45.9 Å². The number of alkyl carbamates (subject to hydrolysis) is 1. The number of aromatic nitrogens is 1. The summed E-state index contributed by atoms with van der Waals surface area (Å²) in [6.45, 7) is 8.34. The lowest BCUT2D eigenvalue weighted by molar-refractivity contribution is 0.0498. The number of pyridine rings is 1.